The smallest absolute Gasteiger partial charge is 0.272 e. The number of thiophene rings is 1. The van der Waals surface area contributed by atoms with Crippen molar-refractivity contribution < 1.29 is 23.9 Å². The molecule has 204 valence electrons. The summed E-state index contributed by atoms with van der Waals surface area (Å²) < 4.78 is 10.5. The molecule has 4 rings (SSSR count). The molecule has 0 aliphatic rings. The van der Waals surface area contributed by atoms with Crippen LogP contribution in [0.25, 0.3) is 6.08 Å². The van der Waals surface area contributed by atoms with Crippen molar-refractivity contribution in [3.63, 3.8) is 0 Å². The molecule has 3 amide bonds. The summed E-state index contributed by atoms with van der Waals surface area (Å²) in [6.45, 7) is 0. The Bertz CT molecular complexity index is 1470. The van der Waals surface area contributed by atoms with Gasteiger partial charge in [0.1, 0.15) is 17.2 Å². The number of thioether (sulfide) groups is 1. The zero-order valence-corrected chi connectivity index (χ0v) is 23.4. The predicted molar refractivity (Wildman–Crippen MR) is 160 cm³/mol. The molecule has 3 N–H and O–H groups in total. The zero-order valence-electron chi connectivity index (χ0n) is 21.8. The minimum Gasteiger partial charge on any atom is -0.497 e. The van der Waals surface area contributed by atoms with Crippen LogP contribution >= 0.6 is 23.1 Å². The van der Waals surface area contributed by atoms with Crippen LogP contribution in [-0.4, -0.2) is 37.7 Å². The van der Waals surface area contributed by atoms with Crippen LogP contribution in [0.5, 0.6) is 11.5 Å². The maximum atomic E-state index is 13.1. The Labute approximate surface area is 240 Å². The molecule has 0 aliphatic heterocycles. The Morgan fingerprint density at radius 2 is 1.52 bits per heavy atom. The Morgan fingerprint density at radius 3 is 2.15 bits per heavy atom. The monoisotopic (exact) mass is 573 g/mol. The standard InChI is InChI=1S/C30H27N3O5S2/c1-37-23-15-22(16-24(17-23)38-2)31-28(34)19-40-25-12-10-21(11-13-25)32-30(36)27(18-26-9-6-14-39-26)33-29(35)20-7-4-3-5-8-20/h3-18H,19H2,1-2H3,(H,31,34)(H,32,36)(H,33,35)/b27-18-. The van der Waals surface area contributed by atoms with Crippen LogP contribution in [0, 0.1) is 0 Å². The third-order valence-electron chi connectivity index (χ3n) is 5.48. The fraction of sp³-hybridized carbons (Fsp3) is 0.100. The highest BCUT2D eigenvalue weighted by atomic mass is 32.2. The van der Waals surface area contributed by atoms with Crippen LogP contribution in [0.1, 0.15) is 15.2 Å². The summed E-state index contributed by atoms with van der Waals surface area (Å²) in [5.41, 5.74) is 1.70. The fourth-order valence-electron chi connectivity index (χ4n) is 3.52. The first-order chi connectivity index (χ1) is 19.4. The molecule has 10 heteroatoms. The molecule has 0 bridgehead atoms. The third-order valence-corrected chi connectivity index (χ3v) is 7.31. The lowest BCUT2D eigenvalue weighted by atomic mass is 10.2. The van der Waals surface area contributed by atoms with Gasteiger partial charge in [-0.05, 0) is 53.9 Å². The number of anilines is 2. The summed E-state index contributed by atoms with van der Waals surface area (Å²) in [7, 11) is 3.09. The van der Waals surface area contributed by atoms with E-state index >= 15 is 0 Å². The second-order valence-corrected chi connectivity index (χ2v) is 10.3. The van der Waals surface area contributed by atoms with E-state index in [1.54, 1.807) is 74.9 Å². The fourth-order valence-corrected chi connectivity index (χ4v) is 4.87. The molecule has 4 aromatic rings. The molecule has 3 aromatic carbocycles. The van der Waals surface area contributed by atoms with Gasteiger partial charge < -0.3 is 25.4 Å². The van der Waals surface area contributed by atoms with E-state index in [1.165, 1.54) is 23.1 Å². The van der Waals surface area contributed by atoms with Gasteiger partial charge in [0.05, 0.1) is 20.0 Å². The van der Waals surface area contributed by atoms with Gasteiger partial charge in [-0.1, -0.05) is 24.3 Å². The molecule has 8 nitrogen and oxygen atoms in total. The van der Waals surface area contributed by atoms with E-state index in [-0.39, 0.29) is 23.3 Å². The van der Waals surface area contributed by atoms with Crippen molar-refractivity contribution in [2.24, 2.45) is 0 Å². The van der Waals surface area contributed by atoms with Crippen LogP contribution in [0.15, 0.2) is 101 Å². The Balaban J connectivity index is 1.36. The molecular weight excluding hydrogens is 546 g/mol. The number of amides is 3. The molecule has 0 aliphatic carbocycles. The molecular formula is C30H27N3O5S2. The SMILES string of the molecule is COc1cc(NC(=O)CSc2ccc(NC(=O)/C(=C/c3cccs3)NC(=O)c3ccccc3)cc2)cc(OC)c1. The third kappa shape index (κ3) is 8.23. The first-order valence-corrected chi connectivity index (χ1v) is 14.0. The minimum absolute atomic E-state index is 0.126. The summed E-state index contributed by atoms with van der Waals surface area (Å²) in [6.07, 6.45) is 1.64. The van der Waals surface area contributed by atoms with Crippen molar-refractivity contribution in [1.29, 1.82) is 0 Å². The summed E-state index contributed by atoms with van der Waals surface area (Å²) in [6, 6.07) is 24.7. The number of carbonyl (C=O) groups is 3. The summed E-state index contributed by atoms with van der Waals surface area (Å²) in [4.78, 5) is 40.0. The molecule has 0 radical (unpaired) electrons. The van der Waals surface area contributed by atoms with E-state index in [4.69, 9.17) is 9.47 Å². The van der Waals surface area contributed by atoms with Gasteiger partial charge in [-0.3, -0.25) is 14.4 Å². The summed E-state index contributed by atoms with van der Waals surface area (Å²) in [5, 5.41) is 10.3. The van der Waals surface area contributed by atoms with E-state index in [9.17, 15) is 14.4 Å². The van der Waals surface area contributed by atoms with Crippen molar-refractivity contribution >= 4 is 58.3 Å². The van der Waals surface area contributed by atoms with Gasteiger partial charge in [0, 0.05) is 44.9 Å². The summed E-state index contributed by atoms with van der Waals surface area (Å²) >= 11 is 2.81. The van der Waals surface area contributed by atoms with Crippen molar-refractivity contribution in [2.75, 3.05) is 30.6 Å². The Hall–Kier alpha value is -4.54. The second-order valence-electron chi connectivity index (χ2n) is 8.31. The van der Waals surface area contributed by atoms with Gasteiger partial charge in [-0.15, -0.1) is 23.1 Å². The van der Waals surface area contributed by atoms with E-state index < -0.39 is 5.91 Å². The number of ether oxygens (including phenoxy) is 2. The average molecular weight is 574 g/mol. The minimum atomic E-state index is -0.453. The van der Waals surface area contributed by atoms with Crippen molar-refractivity contribution in [3.05, 3.63) is 106 Å². The van der Waals surface area contributed by atoms with Crippen LogP contribution in [-0.2, 0) is 9.59 Å². The van der Waals surface area contributed by atoms with E-state index in [1.807, 2.05) is 35.7 Å². The van der Waals surface area contributed by atoms with Crippen LogP contribution in [0.2, 0.25) is 0 Å². The highest BCUT2D eigenvalue weighted by Gasteiger charge is 2.15. The molecule has 1 aromatic heterocycles. The molecule has 40 heavy (non-hydrogen) atoms. The first-order valence-electron chi connectivity index (χ1n) is 12.1. The maximum absolute atomic E-state index is 13.1. The number of nitrogens with one attached hydrogen (secondary N) is 3. The van der Waals surface area contributed by atoms with E-state index in [0.717, 1.165) is 9.77 Å². The quantitative estimate of drug-likeness (QED) is 0.152. The lowest BCUT2D eigenvalue weighted by molar-refractivity contribution is -0.114. The molecule has 0 spiro atoms. The first kappa shape index (κ1) is 28.5. The van der Waals surface area contributed by atoms with Gasteiger partial charge in [0.15, 0.2) is 0 Å². The number of benzene rings is 3. The van der Waals surface area contributed by atoms with Gasteiger partial charge in [0.2, 0.25) is 5.91 Å². The van der Waals surface area contributed by atoms with Crippen LogP contribution in [0.4, 0.5) is 11.4 Å². The zero-order chi connectivity index (χ0) is 28.3. The number of hydrogen-bond donors (Lipinski definition) is 3. The number of rotatable bonds is 11. The van der Waals surface area contributed by atoms with Crippen LogP contribution < -0.4 is 25.4 Å². The van der Waals surface area contributed by atoms with Crippen molar-refractivity contribution in [2.45, 2.75) is 4.90 Å². The van der Waals surface area contributed by atoms with Crippen molar-refractivity contribution in [3.8, 4) is 11.5 Å². The molecule has 0 saturated heterocycles. The van der Waals surface area contributed by atoms with Crippen LogP contribution in [0.3, 0.4) is 0 Å². The van der Waals surface area contributed by atoms with E-state index in [2.05, 4.69) is 16.0 Å². The highest BCUT2D eigenvalue weighted by molar-refractivity contribution is 8.00. The topological polar surface area (TPSA) is 106 Å². The summed E-state index contributed by atoms with van der Waals surface area (Å²) in [5.74, 6) is 0.322. The average Bonchev–Trinajstić information content (AvgIpc) is 3.50. The molecule has 0 atom stereocenters. The molecule has 0 fully saturated rings. The molecule has 0 saturated carbocycles. The largest absolute Gasteiger partial charge is 0.497 e. The normalized spacial score (nSPS) is 10.9. The maximum Gasteiger partial charge on any atom is 0.272 e. The van der Waals surface area contributed by atoms with E-state index in [0.29, 0.717) is 28.4 Å². The van der Waals surface area contributed by atoms with Gasteiger partial charge >= 0.3 is 0 Å². The Morgan fingerprint density at radius 1 is 0.825 bits per heavy atom. The number of hydrogen-bond acceptors (Lipinski definition) is 7. The van der Waals surface area contributed by atoms with Gasteiger partial charge in [-0.2, -0.15) is 0 Å². The van der Waals surface area contributed by atoms with Gasteiger partial charge in [0.25, 0.3) is 11.8 Å². The van der Waals surface area contributed by atoms with Gasteiger partial charge in [-0.25, -0.2) is 0 Å². The second kappa shape index (κ2) is 14.0. The highest BCUT2D eigenvalue weighted by Crippen LogP contribution is 2.26. The number of methoxy groups -OCH3 is 2. The number of carbonyl (C=O) groups excluding carboxylic acids is 3. The lowest BCUT2D eigenvalue weighted by Crippen LogP contribution is -2.30. The van der Waals surface area contributed by atoms with Crippen molar-refractivity contribution in [1.82, 2.24) is 5.32 Å². The molecule has 1 heterocycles. The lowest BCUT2D eigenvalue weighted by Gasteiger charge is -2.12. The Kier molecular flexibility index (Phi) is 9.98. The predicted octanol–water partition coefficient (Wildman–Crippen LogP) is 5.91. The molecule has 0 unspecified atom stereocenters.